The maximum absolute atomic E-state index is 12.2. The number of ether oxygens (including phenoxy) is 1. The van der Waals surface area contributed by atoms with Crippen molar-refractivity contribution in [2.24, 2.45) is 7.05 Å². The number of carbonyl (C=O) groups excluding carboxylic acids is 1. The first kappa shape index (κ1) is 19.2. The standard InChI is InChI=1S/C17H20N6O2S2/c1-10-15(11(2)23(3)22-10)19-14(24)9-26-17-21-20-16(27-17)18-12-5-7-13(25-4)8-6-12/h5-8H,9H2,1-4H3,(H,18,20)(H,19,24). The van der Waals surface area contributed by atoms with Crippen LogP contribution < -0.4 is 15.4 Å². The molecular weight excluding hydrogens is 384 g/mol. The third kappa shape index (κ3) is 4.77. The Morgan fingerprint density at radius 1 is 1.26 bits per heavy atom. The van der Waals surface area contributed by atoms with E-state index in [9.17, 15) is 4.79 Å². The van der Waals surface area contributed by atoms with Gasteiger partial charge in [-0.2, -0.15) is 5.10 Å². The van der Waals surface area contributed by atoms with Crippen LogP contribution in [-0.4, -0.2) is 38.7 Å². The Kier molecular flexibility index (Phi) is 5.97. The number of methoxy groups -OCH3 is 1. The van der Waals surface area contributed by atoms with Crippen LogP contribution in [0.4, 0.5) is 16.5 Å². The van der Waals surface area contributed by atoms with Crippen LogP contribution in [0.25, 0.3) is 0 Å². The summed E-state index contributed by atoms with van der Waals surface area (Å²) in [6.07, 6.45) is 0. The van der Waals surface area contributed by atoms with Crippen molar-refractivity contribution in [3.8, 4) is 5.75 Å². The zero-order valence-electron chi connectivity index (χ0n) is 15.4. The van der Waals surface area contributed by atoms with Crippen molar-refractivity contribution in [3.05, 3.63) is 35.7 Å². The Bertz CT molecular complexity index is 936. The zero-order valence-corrected chi connectivity index (χ0v) is 17.1. The molecule has 3 aromatic rings. The molecule has 0 bridgehead atoms. The van der Waals surface area contributed by atoms with Crippen LogP contribution >= 0.6 is 23.1 Å². The molecule has 0 aliphatic rings. The fourth-order valence-corrected chi connectivity index (χ4v) is 3.95. The Hall–Kier alpha value is -2.59. The molecule has 0 saturated heterocycles. The van der Waals surface area contributed by atoms with Crippen molar-refractivity contribution in [1.82, 2.24) is 20.0 Å². The summed E-state index contributed by atoms with van der Waals surface area (Å²) >= 11 is 2.75. The number of amides is 1. The Morgan fingerprint density at radius 2 is 2.00 bits per heavy atom. The molecule has 0 radical (unpaired) electrons. The Morgan fingerprint density at radius 3 is 2.63 bits per heavy atom. The molecule has 2 N–H and O–H groups in total. The second-order valence-electron chi connectivity index (χ2n) is 5.73. The lowest BCUT2D eigenvalue weighted by molar-refractivity contribution is -0.113. The Labute approximate surface area is 165 Å². The summed E-state index contributed by atoms with van der Waals surface area (Å²) in [5.41, 5.74) is 3.38. The molecule has 8 nitrogen and oxygen atoms in total. The predicted octanol–water partition coefficient (Wildman–Crippen LogP) is 3.37. The van der Waals surface area contributed by atoms with E-state index in [4.69, 9.17) is 4.74 Å². The average molecular weight is 405 g/mol. The highest BCUT2D eigenvalue weighted by molar-refractivity contribution is 8.01. The number of rotatable bonds is 7. The van der Waals surface area contributed by atoms with Crippen molar-refractivity contribution >= 4 is 45.5 Å². The molecule has 10 heteroatoms. The number of hydrogen-bond donors (Lipinski definition) is 2. The van der Waals surface area contributed by atoms with Crippen molar-refractivity contribution in [3.63, 3.8) is 0 Å². The van der Waals surface area contributed by atoms with E-state index in [-0.39, 0.29) is 11.7 Å². The minimum absolute atomic E-state index is 0.0981. The van der Waals surface area contributed by atoms with Gasteiger partial charge in [0, 0.05) is 12.7 Å². The van der Waals surface area contributed by atoms with Gasteiger partial charge in [-0.15, -0.1) is 10.2 Å². The average Bonchev–Trinajstić information content (AvgIpc) is 3.20. The van der Waals surface area contributed by atoms with Gasteiger partial charge in [0.25, 0.3) is 0 Å². The first-order chi connectivity index (χ1) is 13.0. The van der Waals surface area contributed by atoms with Crippen LogP contribution in [0.1, 0.15) is 11.4 Å². The fraction of sp³-hybridized carbons (Fsp3) is 0.294. The highest BCUT2D eigenvalue weighted by Gasteiger charge is 2.14. The number of thioether (sulfide) groups is 1. The molecule has 0 spiro atoms. The van der Waals surface area contributed by atoms with Gasteiger partial charge in [-0.05, 0) is 38.1 Å². The van der Waals surface area contributed by atoms with Crippen molar-refractivity contribution in [1.29, 1.82) is 0 Å². The van der Waals surface area contributed by atoms with E-state index < -0.39 is 0 Å². The first-order valence-electron chi connectivity index (χ1n) is 8.13. The fourth-order valence-electron chi connectivity index (χ4n) is 2.37. The minimum atomic E-state index is -0.0981. The van der Waals surface area contributed by atoms with Crippen LogP contribution in [0.2, 0.25) is 0 Å². The van der Waals surface area contributed by atoms with Gasteiger partial charge in [0.1, 0.15) is 5.75 Å². The highest BCUT2D eigenvalue weighted by Crippen LogP contribution is 2.28. The molecule has 1 aromatic carbocycles. The maximum atomic E-state index is 12.2. The van der Waals surface area contributed by atoms with E-state index in [1.807, 2.05) is 45.2 Å². The van der Waals surface area contributed by atoms with E-state index >= 15 is 0 Å². The van der Waals surface area contributed by atoms with Gasteiger partial charge in [-0.3, -0.25) is 9.48 Å². The van der Waals surface area contributed by atoms with Gasteiger partial charge in [0.2, 0.25) is 11.0 Å². The highest BCUT2D eigenvalue weighted by atomic mass is 32.2. The predicted molar refractivity (Wildman–Crippen MR) is 108 cm³/mol. The number of aromatic nitrogens is 4. The number of hydrogen-bond acceptors (Lipinski definition) is 8. The molecule has 3 rings (SSSR count). The lowest BCUT2D eigenvalue weighted by Gasteiger charge is -2.04. The molecule has 0 aliphatic heterocycles. The van der Waals surface area contributed by atoms with E-state index in [0.717, 1.165) is 32.9 Å². The largest absolute Gasteiger partial charge is 0.497 e. The number of anilines is 3. The quantitative estimate of drug-likeness (QED) is 0.583. The molecule has 142 valence electrons. The summed E-state index contributed by atoms with van der Waals surface area (Å²) < 4.78 is 7.61. The monoisotopic (exact) mass is 404 g/mol. The molecule has 1 amide bonds. The number of carbonyl (C=O) groups is 1. The molecule has 0 atom stereocenters. The van der Waals surface area contributed by atoms with Gasteiger partial charge < -0.3 is 15.4 Å². The molecule has 0 unspecified atom stereocenters. The summed E-state index contributed by atoms with van der Waals surface area (Å²) in [4.78, 5) is 12.2. The maximum Gasteiger partial charge on any atom is 0.234 e. The van der Waals surface area contributed by atoms with Gasteiger partial charge in [0.15, 0.2) is 4.34 Å². The molecule has 0 saturated carbocycles. The van der Waals surface area contributed by atoms with Crippen LogP contribution in [0, 0.1) is 13.8 Å². The number of nitrogens with one attached hydrogen (secondary N) is 2. The smallest absolute Gasteiger partial charge is 0.234 e. The van der Waals surface area contributed by atoms with Gasteiger partial charge in [-0.25, -0.2) is 0 Å². The summed E-state index contributed by atoms with van der Waals surface area (Å²) in [5.74, 6) is 0.948. The lowest BCUT2D eigenvalue weighted by atomic mass is 10.3. The lowest BCUT2D eigenvalue weighted by Crippen LogP contribution is -2.15. The number of nitrogens with zero attached hydrogens (tertiary/aromatic N) is 4. The van der Waals surface area contributed by atoms with E-state index in [0.29, 0.717) is 5.13 Å². The van der Waals surface area contributed by atoms with Gasteiger partial charge in [-0.1, -0.05) is 23.1 Å². The van der Waals surface area contributed by atoms with Crippen LogP contribution in [-0.2, 0) is 11.8 Å². The van der Waals surface area contributed by atoms with E-state index in [1.165, 1.54) is 23.1 Å². The van der Waals surface area contributed by atoms with Crippen molar-refractivity contribution in [2.75, 3.05) is 23.5 Å². The number of benzene rings is 1. The zero-order chi connectivity index (χ0) is 19.4. The molecule has 2 aromatic heterocycles. The summed E-state index contributed by atoms with van der Waals surface area (Å²) in [5, 5.41) is 19.3. The first-order valence-corrected chi connectivity index (χ1v) is 9.94. The van der Waals surface area contributed by atoms with E-state index in [1.54, 1.807) is 11.8 Å². The SMILES string of the molecule is COc1ccc(Nc2nnc(SCC(=O)Nc3c(C)nn(C)c3C)s2)cc1. The normalized spacial score (nSPS) is 10.7. The van der Waals surface area contributed by atoms with E-state index in [2.05, 4.69) is 25.9 Å². The van der Waals surface area contributed by atoms with Crippen molar-refractivity contribution in [2.45, 2.75) is 18.2 Å². The minimum Gasteiger partial charge on any atom is -0.497 e. The molecule has 0 aliphatic carbocycles. The number of aryl methyl sites for hydroxylation is 2. The van der Waals surface area contributed by atoms with Crippen LogP contribution in [0.3, 0.4) is 0 Å². The van der Waals surface area contributed by atoms with Crippen LogP contribution in [0.15, 0.2) is 28.6 Å². The second-order valence-corrected chi connectivity index (χ2v) is 7.93. The van der Waals surface area contributed by atoms with Gasteiger partial charge >= 0.3 is 0 Å². The Balaban J connectivity index is 1.53. The second kappa shape index (κ2) is 8.40. The molecular formula is C17H20N6O2S2. The van der Waals surface area contributed by atoms with Crippen molar-refractivity contribution < 1.29 is 9.53 Å². The van der Waals surface area contributed by atoms with Gasteiger partial charge in [0.05, 0.1) is 29.9 Å². The van der Waals surface area contributed by atoms with Crippen LogP contribution in [0.5, 0.6) is 5.75 Å². The summed E-state index contributed by atoms with van der Waals surface area (Å²) in [7, 11) is 3.48. The molecule has 0 fully saturated rings. The molecule has 2 heterocycles. The third-order valence-corrected chi connectivity index (χ3v) is 5.82. The topological polar surface area (TPSA) is 94.0 Å². The summed E-state index contributed by atoms with van der Waals surface area (Å²) in [6.45, 7) is 3.79. The molecule has 27 heavy (non-hydrogen) atoms. The third-order valence-electron chi connectivity index (χ3n) is 3.85. The summed E-state index contributed by atoms with van der Waals surface area (Å²) in [6, 6.07) is 7.54.